The Morgan fingerprint density at radius 2 is 1.93 bits per heavy atom. The Morgan fingerprint density at radius 1 is 1.23 bits per heavy atom. The van der Waals surface area contributed by atoms with Crippen LogP contribution in [0.2, 0.25) is 0 Å². The van der Waals surface area contributed by atoms with Crippen molar-refractivity contribution in [1.82, 2.24) is 20.0 Å². The number of likely N-dealkylation sites (N-methyl/N-ethyl adjacent to an activating group) is 1. The quantitative estimate of drug-likeness (QED) is 0.615. The Balaban J connectivity index is 1.69. The Labute approximate surface area is 174 Å². The number of carbonyl (C=O) groups excluding carboxylic acids is 3. The standard InChI is InChI=1S/C21H26N4O5/c1-3-4-11-25-20(28)16-8-6-5-7-15(16)19(23-25)21(29)30-13-18(27)24(2)12-17(26)22-14-9-10-14/h5-8,14H,3-4,9-13H2,1-2H3,(H,22,26). The number of aromatic nitrogens is 2. The summed E-state index contributed by atoms with van der Waals surface area (Å²) in [5.41, 5.74) is -0.281. The minimum absolute atomic E-state index is 0.0109. The van der Waals surface area contributed by atoms with Gasteiger partial charge >= 0.3 is 5.97 Å². The number of ether oxygens (including phenoxy) is 1. The molecule has 30 heavy (non-hydrogen) atoms. The van der Waals surface area contributed by atoms with E-state index in [2.05, 4.69) is 10.4 Å². The van der Waals surface area contributed by atoms with Gasteiger partial charge in [-0.05, 0) is 25.3 Å². The fourth-order valence-electron chi connectivity index (χ4n) is 2.96. The molecule has 160 valence electrons. The van der Waals surface area contributed by atoms with Crippen molar-refractivity contribution in [3.05, 3.63) is 40.3 Å². The number of amides is 2. The molecule has 0 unspecified atom stereocenters. The number of esters is 1. The van der Waals surface area contributed by atoms with Crippen LogP contribution in [0.25, 0.3) is 10.8 Å². The zero-order valence-corrected chi connectivity index (χ0v) is 17.2. The molecule has 1 aliphatic carbocycles. The van der Waals surface area contributed by atoms with Gasteiger partial charge < -0.3 is 15.0 Å². The number of benzene rings is 1. The second kappa shape index (κ2) is 9.51. The summed E-state index contributed by atoms with van der Waals surface area (Å²) < 4.78 is 6.42. The van der Waals surface area contributed by atoms with E-state index in [9.17, 15) is 19.2 Å². The maximum atomic E-state index is 12.6. The van der Waals surface area contributed by atoms with Gasteiger partial charge in [-0.1, -0.05) is 31.5 Å². The number of hydrogen-bond acceptors (Lipinski definition) is 6. The van der Waals surface area contributed by atoms with E-state index in [-0.39, 0.29) is 29.7 Å². The van der Waals surface area contributed by atoms with Crippen LogP contribution in [0.3, 0.4) is 0 Å². The van der Waals surface area contributed by atoms with E-state index < -0.39 is 18.5 Å². The first-order chi connectivity index (χ1) is 14.4. The molecule has 0 bridgehead atoms. The van der Waals surface area contributed by atoms with Crippen LogP contribution >= 0.6 is 0 Å². The van der Waals surface area contributed by atoms with Crippen molar-refractivity contribution >= 4 is 28.6 Å². The molecule has 1 N–H and O–H groups in total. The number of fused-ring (bicyclic) bond motifs is 1. The maximum absolute atomic E-state index is 12.6. The highest BCUT2D eigenvalue weighted by molar-refractivity contribution is 6.02. The van der Waals surface area contributed by atoms with Crippen molar-refractivity contribution < 1.29 is 19.1 Å². The smallest absolute Gasteiger partial charge is 0.359 e. The molecule has 1 saturated carbocycles. The Bertz CT molecular complexity index is 1010. The number of rotatable bonds is 9. The average molecular weight is 414 g/mol. The summed E-state index contributed by atoms with van der Waals surface area (Å²) in [4.78, 5) is 50.5. The predicted octanol–water partition coefficient (Wildman–Crippen LogP) is 1.09. The molecular formula is C21H26N4O5. The summed E-state index contributed by atoms with van der Waals surface area (Å²) in [6.07, 6.45) is 3.53. The molecular weight excluding hydrogens is 388 g/mol. The third kappa shape index (κ3) is 5.22. The monoisotopic (exact) mass is 414 g/mol. The molecule has 2 aromatic rings. The number of unbranched alkanes of at least 4 members (excludes halogenated alkanes) is 1. The molecule has 9 heteroatoms. The molecule has 1 fully saturated rings. The molecule has 1 heterocycles. The van der Waals surface area contributed by atoms with Crippen LogP contribution in [-0.2, 0) is 20.9 Å². The van der Waals surface area contributed by atoms with E-state index in [0.29, 0.717) is 17.3 Å². The van der Waals surface area contributed by atoms with Crippen LogP contribution in [0.15, 0.2) is 29.1 Å². The first-order valence-corrected chi connectivity index (χ1v) is 10.1. The lowest BCUT2D eigenvalue weighted by molar-refractivity contribution is -0.137. The van der Waals surface area contributed by atoms with E-state index >= 15 is 0 Å². The van der Waals surface area contributed by atoms with Gasteiger partial charge in [0.15, 0.2) is 12.3 Å². The molecule has 1 aromatic carbocycles. The number of nitrogens with zero attached hydrogens (tertiary/aromatic N) is 3. The lowest BCUT2D eigenvalue weighted by Gasteiger charge is -2.17. The normalized spacial score (nSPS) is 13.1. The van der Waals surface area contributed by atoms with E-state index in [1.807, 2.05) is 6.92 Å². The van der Waals surface area contributed by atoms with Gasteiger partial charge in [-0.3, -0.25) is 14.4 Å². The zero-order valence-electron chi connectivity index (χ0n) is 17.2. The molecule has 1 aliphatic rings. The summed E-state index contributed by atoms with van der Waals surface area (Å²) >= 11 is 0. The largest absolute Gasteiger partial charge is 0.451 e. The van der Waals surface area contributed by atoms with Crippen LogP contribution in [0.1, 0.15) is 43.1 Å². The SMILES string of the molecule is CCCCn1nc(C(=O)OCC(=O)N(C)CC(=O)NC2CC2)c2ccccc2c1=O. The van der Waals surface area contributed by atoms with Gasteiger partial charge in [-0.2, -0.15) is 5.10 Å². The molecule has 3 rings (SSSR count). The van der Waals surface area contributed by atoms with Crippen molar-refractivity contribution in [2.24, 2.45) is 0 Å². The lowest BCUT2D eigenvalue weighted by atomic mass is 10.1. The topological polar surface area (TPSA) is 111 Å². The lowest BCUT2D eigenvalue weighted by Crippen LogP contribution is -2.40. The average Bonchev–Trinajstić information content (AvgIpc) is 3.55. The second-order valence-electron chi connectivity index (χ2n) is 7.44. The van der Waals surface area contributed by atoms with Gasteiger partial charge in [0.1, 0.15) is 0 Å². The van der Waals surface area contributed by atoms with Gasteiger partial charge in [0.25, 0.3) is 11.5 Å². The van der Waals surface area contributed by atoms with Gasteiger partial charge in [0.05, 0.1) is 11.9 Å². The summed E-state index contributed by atoms with van der Waals surface area (Å²) in [5, 5.41) is 7.74. The maximum Gasteiger partial charge on any atom is 0.359 e. The molecule has 0 spiro atoms. The highest BCUT2D eigenvalue weighted by Crippen LogP contribution is 2.18. The number of carbonyl (C=O) groups is 3. The van der Waals surface area contributed by atoms with Crippen LogP contribution in [0, 0.1) is 0 Å². The van der Waals surface area contributed by atoms with Crippen LogP contribution in [-0.4, -0.2) is 58.7 Å². The number of hydrogen-bond donors (Lipinski definition) is 1. The molecule has 0 radical (unpaired) electrons. The summed E-state index contributed by atoms with van der Waals surface area (Å²) in [6, 6.07) is 6.89. The molecule has 2 amide bonds. The highest BCUT2D eigenvalue weighted by Gasteiger charge is 2.25. The molecule has 0 atom stereocenters. The van der Waals surface area contributed by atoms with Gasteiger partial charge in [-0.25, -0.2) is 9.48 Å². The minimum atomic E-state index is -0.791. The van der Waals surface area contributed by atoms with Crippen molar-refractivity contribution in [1.29, 1.82) is 0 Å². The zero-order chi connectivity index (χ0) is 21.7. The fraction of sp³-hybridized carbons (Fsp3) is 0.476. The number of nitrogens with one attached hydrogen (secondary N) is 1. The minimum Gasteiger partial charge on any atom is -0.451 e. The van der Waals surface area contributed by atoms with E-state index in [1.54, 1.807) is 24.3 Å². The molecule has 0 aliphatic heterocycles. The van der Waals surface area contributed by atoms with Crippen molar-refractivity contribution in [2.75, 3.05) is 20.2 Å². The fourth-order valence-corrected chi connectivity index (χ4v) is 2.96. The van der Waals surface area contributed by atoms with Crippen LogP contribution < -0.4 is 10.9 Å². The summed E-state index contributed by atoms with van der Waals surface area (Å²) in [7, 11) is 1.47. The molecule has 9 nitrogen and oxygen atoms in total. The predicted molar refractivity (Wildman–Crippen MR) is 110 cm³/mol. The second-order valence-corrected chi connectivity index (χ2v) is 7.44. The molecule has 1 aromatic heterocycles. The Kier molecular flexibility index (Phi) is 6.81. The van der Waals surface area contributed by atoms with E-state index in [0.717, 1.165) is 25.7 Å². The Morgan fingerprint density at radius 3 is 2.60 bits per heavy atom. The first-order valence-electron chi connectivity index (χ1n) is 10.1. The van der Waals surface area contributed by atoms with Crippen LogP contribution in [0.4, 0.5) is 0 Å². The molecule has 0 saturated heterocycles. The third-order valence-corrected chi connectivity index (χ3v) is 4.86. The highest BCUT2D eigenvalue weighted by atomic mass is 16.5. The summed E-state index contributed by atoms with van der Waals surface area (Å²) in [6.45, 7) is 1.76. The number of aryl methyl sites for hydroxylation is 1. The first kappa shape index (κ1) is 21.5. The van der Waals surface area contributed by atoms with Crippen molar-refractivity contribution in [3.63, 3.8) is 0 Å². The Hall–Kier alpha value is -3.23. The van der Waals surface area contributed by atoms with Crippen molar-refractivity contribution in [3.8, 4) is 0 Å². The van der Waals surface area contributed by atoms with Crippen molar-refractivity contribution in [2.45, 2.75) is 45.2 Å². The van der Waals surface area contributed by atoms with Crippen LogP contribution in [0.5, 0.6) is 0 Å². The van der Waals surface area contributed by atoms with Gasteiger partial charge in [0, 0.05) is 25.0 Å². The van der Waals surface area contributed by atoms with E-state index in [4.69, 9.17) is 4.74 Å². The third-order valence-electron chi connectivity index (χ3n) is 4.86. The van der Waals surface area contributed by atoms with Gasteiger partial charge in [0.2, 0.25) is 5.91 Å². The van der Waals surface area contributed by atoms with Gasteiger partial charge in [-0.15, -0.1) is 0 Å². The van der Waals surface area contributed by atoms with E-state index in [1.165, 1.54) is 16.6 Å². The summed E-state index contributed by atoms with van der Waals surface area (Å²) in [5.74, 6) is -1.53.